The first-order valence-corrected chi connectivity index (χ1v) is 4.48. The third kappa shape index (κ3) is 1.41. The number of aliphatic hydroxyl groups excluding tert-OH is 1. The molecule has 2 atom stereocenters. The van der Waals surface area contributed by atoms with Gasteiger partial charge in [-0.05, 0) is 25.7 Å². The lowest BCUT2D eigenvalue weighted by molar-refractivity contribution is 0.134. The van der Waals surface area contributed by atoms with Crippen molar-refractivity contribution in [2.75, 3.05) is 6.54 Å². The van der Waals surface area contributed by atoms with Gasteiger partial charge in [-0.1, -0.05) is 6.08 Å². The van der Waals surface area contributed by atoms with E-state index in [0.29, 0.717) is 5.92 Å². The minimum Gasteiger partial charge on any atom is -0.393 e. The van der Waals surface area contributed by atoms with E-state index in [4.69, 9.17) is 0 Å². The molecular formula is C9H15NO. The van der Waals surface area contributed by atoms with Crippen LogP contribution in [0.1, 0.15) is 25.7 Å². The first kappa shape index (κ1) is 7.17. The average molecular weight is 153 g/mol. The van der Waals surface area contributed by atoms with E-state index in [2.05, 4.69) is 11.4 Å². The summed E-state index contributed by atoms with van der Waals surface area (Å²) in [6.07, 6.45) is 6.42. The van der Waals surface area contributed by atoms with E-state index in [9.17, 15) is 5.11 Å². The smallest absolute Gasteiger partial charge is 0.0581 e. The summed E-state index contributed by atoms with van der Waals surface area (Å²) in [5.41, 5.74) is 1.39. The van der Waals surface area contributed by atoms with Gasteiger partial charge in [-0.25, -0.2) is 0 Å². The third-order valence-corrected chi connectivity index (χ3v) is 2.66. The van der Waals surface area contributed by atoms with Crippen LogP contribution in [0.4, 0.5) is 0 Å². The van der Waals surface area contributed by atoms with E-state index in [1.54, 1.807) is 0 Å². The SMILES string of the molecule is OC1CC=C2NCCCC2C1. The fraction of sp³-hybridized carbons (Fsp3) is 0.778. The van der Waals surface area contributed by atoms with Crippen LogP contribution in [0.2, 0.25) is 0 Å². The molecule has 0 amide bonds. The molecule has 2 unspecified atom stereocenters. The maximum atomic E-state index is 9.38. The van der Waals surface area contributed by atoms with Crippen molar-refractivity contribution in [2.24, 2.45) is 5.92 Å². The number of rotatable bonds is 0. The standard InChI is InChI=1S/C9H15NO/c11-8-3-4-9-7(6-8)2-1-5-10-9/h4,7-8,10-11H,1-3,5-6H2. The number of fused-ring (bicyclic) bond motifs is 1. The van der Waals surface area contributed by atoms with Crippen molar-refractivity contribution in [1.82, 2.24) is 5.32 Å². The zero-order valence-corrected chi connectivity index (χ0v) is 6.71. The Bertz CT molecular complexity index is 176. The highest BCUT2D eigenvalue weighted by atomic mass is 16.3. The van der Waals surface area contributed by atoms with Gasteiger partial charge in [0.25, 0.3) is 0 Å². The normalized spacial score (nSPS) is 37.0. The van der Waals surface area contributed by atoms with Crippen molar-refractivity contribution in [3.8, 4) is 0 Å². The molecule has 1 heterocycles. The summed E-state index contributed by atoms with van der Waals surface area (Å²) in [7, 11) is 0. The van der Waals surface area contributed by atoms with Crippen molar-refractivity contribution < 1.29 is 5.11 Å². The number of piperidine rings is 1. The number of nitrogens with one attached hydrogen (secondary N) is 1. The van der Waals surface area contributed by atoms with Crippen LogP contribution in [0.3, 0.4) is 0 Å². The molecule has 1 fully saturated rings. The van der Waals surface area contributed by atoms with Gasteiger partial charge in [-0.2, -0.15) is 0 Å². The van der Waals surface area contributed by atoms with E-state index in [0.717, 1.165) is 19.4 Å². The zero-order valence-electron chi connectivity index (χ0n) is 6.71. The molecule has 2 aliphatic rings. The highest BCUT2D eigenvalue weighted by molar-refractivity contribution is 5.11. The van der Waals surface area contributed by atoms with Gasteiger partial charge in [0.1, 0.15) is 0 Å². The molecule has 0 aromatic heterocycles. The summed E-state index contributed by atoms with van der Waals surface area (Å²) in [5, 5.41) is 12.8. The largest absolute Gasteiger partial charge is 0.393 e. The van der Waals surface area contributed by atoms with Gasteiger partial charge in [0, 0.05) is 18.2 Å². The minimum atomic E-state index is -0.0800. The molecule has 1 aliphatic heterocycles. The quantitative estimate of drug-likeness (QED) is 0.544. The van der Waals surface area contributed by atoms with E-state index in [1.807, 2.05) is 0 Å². The molecular weight excluding hydrogens is 138 g/mol. The maximum absolute atomic E-state index is 9.38. The highest BCUT2D eigenvalue weighted by Gasteiger charge is 2.24. The van der Waals surface area contributed by atoms with E-state index >= 15 is 0 Å². The summed E-state index contributed by atoms with van der Waals surface area (Å²) >= 11 is 0. The van der Waals surface area contributed by atoms with Crippen molar-refractivity contribution >= 4 is 0 Å². The second kappa shape index (κ2) is 2.86. The molecule has 2 heteroatoms. The Labute approximate surface area is 67.3 Å². The topological polar surface area (TPSA) is 32.3 Å². The Kier molecular flexibility index (Phi) is 1.86. The van der Waals surface area contributed by atoms with Crippen LogP contribution >= 0.6 is 0 Å². The molecule has 62 valence electrons. The second-order valence-corrected chi connectivity index (χ2v) is 3.55. The lowest BCUT2D eigenvalue weighted by Crippen LogP contribution is -2.32. The Hall–Kier alpha value is -0.500. The molecule has 1 saturated heterocycles. The average Bonchev–Trinajstić information content (AvgIpc) is 2.04. The molecule has 0 saturated carbocycles. The zero-order chi connectivity index (χ0) is 7.68. The fourth-order valence-corrected chi connectivity index (χ4v) is 2.05. The first-order valence-electron chi connectivity index (χ1n) is 4.48. The Morgan fingerprint density at radius 3 is 3.36 bits per heavy atom. The van der Waals surface area contributed by atoms with Gasteiger partial charge in [0.2, 0.25) is 0 Å². The Balaban J connectivity index is 2.08. The summed E-state index contributed by atoms with van der Waals surface area (Å²) in [5.74, 6) is 0.632. The Morgan fingerprint density at radius 2 is 2.45 bits per heavy atom. The summed E-state index contributed by atoms with van der Waals surface area (Å²) in [6.45, 7) is 1.12. The molecule has 11 heavy (non-hydrogen) atoms. The number of allylic oxidation sites excluding steroid dienone is 1. The predicted octanol–water partition coefficient (Wildman–Crippen LogP) is 1.02. The van der Waals surface area contributed by atoms with Gasteiger partial charge >= 0.3 is 0 Å². The van der Waals surface area contributed by atoms with Gasteiger partial charge in [0.15, 0.2) is 0 Å². The fourth-order valence-electron chi connectivity index (χ4n) is 2.05. The molecule has 2 rings (SSSR count). The van der Waals surface area contributed by atoms with Crippen LogP contribution in [-0.4, -0.2) is 17.8 Å². The first-order chi connectivity index (χ1) is 5.36. The van der Waals surface area contributed by atoms with Crippen LogP contribution in [0.15, 0.2) is 11.8 Å². The van der Waals surface area contributed by atoms with Crippen LogP contribution in [0, 0.1) is 5.92 Å². The molecule has 0 bridgehead atoms. The maximum Gasteiger partial charge on any atom is 0.0581 e. The number of aliphatic hydroxyl groups is 1. The minimum absolute atomic E-state index is 0.0800. The monoisotopic (exact) mass is 153 g/mol. The molecule has 0 aromatic carbocycles. The van der Waals surface area contributed by atoms with Crippen molar-refractivity contribution in [1.29, 1.82) is 0 Å². The summed E-state index contributed by atoms with van der Waals surface area (Å²) in [4.78, 5) is 0. The molecule has 2 N–H and O–H groups in total. The van der Waals surface area contributed by atoms with Crippen molar-refractivity contribution in [3.05, 3.63) is 11.8 Å². The molecule has 0 radical (unpaired) electrons. The second-order valence-electron chi connectivity index (χ2n) is 3.55. The summed E-state index contributed by atoms with van der Waals surface area (Å²) < 4.78 is 0. The van der Waals surface area contributed by atoms with Gasteiger partial charge in [-0.15, -0.1) is 0 Å². The van der Waals surface area contributed by atoms with Gasteiger partial charge < -0.3 is 10.4 Å². The van der Waals surface area contributed by atoms with Crippen LogP contribution in [-0.2, 0) is 0 Å². The third-order valence-electron chi connectivity index (χ3n) is 2.66. The molecule has 2 nitrogen and oxygen atoms in total. The lowest BCUT2D eigenvalue weighted by Gasteiger charge is -2.32. The van der Waals surface area contributed by atoms with Crippen LogP contribution < -0.4 is 5.32 Å². The van der Waals surface area contributed by atoms with Crippen molar-refractivity contribution in [2.45, 2.75) is 31.8 Å². The van der Waals surface area contributed by atoms with E-state index < -0.39 is 0 Å². The van der Waals surface area contributed by atoms with Crippen LogP contribution in [0.5, 0.6) is 0 Å². The molecule has 1 aliphatic carbocycles. The number of hydrogen-bond acceptors (Lipinski definition) is 2. The van der Waals surface area contributed by atoms with E-state index in [-0.39, 0.29) is 6.10 Å². The number of hydrogen-bond donors (Lipinski definition) is 2. The lowest BCUT2D eigenvalue weighted by atomic mass is 9.85. The van der Waals surface area contributed by atoms with Gasteiger partial charge in [0.05, 0.1) is 6.10 Å². The van der Waals surface area contributed by atoms with Gasteiger partial charge in [-0.3, -0.25) is 0 Å². The molecule has 0 aromatic rings. The predicted molar refractivity (Wildman–Crippen MR) is 44.1 cm³/mol. The van der Waals surface area contributed by atoms with E-state index in [1.165, 1.54) is 18.5 Å². The summed E-state index contributed by atoms with van der Waals surface area (Å²) in [6, 6.07) is 0. The molecule has 0 spiro atoms. The highest BCUT2D eigenvalue weighted by Crippen LogP contribution is 2.29. The van der Waals surface area contributed by atoms with Crippen LogP contribution in [0.25, 0.3) is 0 Å². The Morgan fingerprint density at radius 1 is 1.55 bits per heavy atom. The van der Waals surface area contributed by atoms with Crippen molar-refractivity contribution in [3.63, 3.8) is 0 Å².